The van der Waals surface area contributed by atoms with Gasteiger partial charge in [-0.25, -0.2) is 9.97 Å². The Morgan fingerprint density at radius 3 is 2.62 bits per heavy atom. The quantitative estimate of drug-likeness (QED) is 0.855. The largest absolute Gasteiger partial charge is 0.437 e. The summed E-state index contributed by atoms with van der Waals surface area (Å²) in [5, 5.41) is 0.538. The standard InChI is InChI=1S/C17H19ClN4O2/c1-12-3-4-14(18)15(9-12)24-17-10-16(19-11-20-17)22-7-5-21(6-8-22)13(2)23/h3-4,9-11H,5-8H2,1-2H3. The van der Waals surface area contributed by atoms with Gasteiger partial charge in [0.25, 0.3) is 0 Å². The number of benzene rings is 1. The zero-order valence-electron chi connectivity index (χ0n) is 13.7. The molecule has 0 saturated carbocycles. The van der Waals surface area contributed by atoms with Crippen LogP contribution in [0.4, 0.5) is 5.82 Å². The number of nitrogens with zero attached hydrogens (tertiary/aromatic N) is 4. The van der Waals surface area contributed by atoms with E-state index in [1.165, 1.54) is 6.33 Å². The van der Waals surface area contributed by atoms with Crippen molar-refractivity contribution < 1.29 is 9.53 Å². The molecule has 0 N–H and O–H groups in total. The van der Waals surface area contributed by atoms with Crippen molar-refractivity contribution in [3.8, 4) is 11.6 Å². The van der Waals surface area contributed by atoms with Gasteiger partial charge in [-0.3, -0.25) is 4.79 Å². The lowest BCUT2D eigenvalue weighted by atomic mass is 10.2. The van der Waals surface area contributed by atoms with E-state index in [-0.39, 0.29) is 5.91 Å². The third-order valence-corrected chi connectivity index (χ3v) is 4.29. The molecule has 1 aromatic carbocycles. The number of ether oxygens (including phenoxy) is 1. The number of amides is 1. The lowest BCUT2D eigenvalue weighted by molar-refractivity contribution is -0.129. The van der Waals surface area contributed by atoms with E-state index < -0.39 is 0 Å². The van der Waals surface area contributed by atoms with Gasteiger partial charge < -0.3 is 14.5 Å². The Morgan fingerprint density at radius 2 is 1.92 bits per heavy atom. The first-order valence-corrected chi connectivity index (χ1v) is 8.17. The maximum absolute atomic E-state index is 11.4. The maximum atomic E-state index is 11.4. The molecule has 7 heteroatoms. The number of aryl methyl sites for hydroxylation is 1. The molecule has 0 unspecified atom stereocenters. The number of carbonyl (C=O) groups is 1. The van der Waals surface area contributed by atoms with Gasteiger partial charge in [0, 0.05) is 39.2 Å². The summed E-state index contributed by atoms with van der Waals surface area (Å²) >= 11 is 6.16. The molecule has 24 heavy (non-hydrogen) atoms. The molecule has 0 bridgehead atoms. The third-order valence-electron chi connectivity index (χ3n) is 3.98. The molecule has 0 atom stereocenters. The van der Waals surface area contributed by atoms with E-state index in [1.807, 2.05) is 24.0 Å². The van der Waals surface area contributed by atoms with Crippen molar-refractivity contribution in [2.45, 2.75) is 13.8 Å². The fraction of sp³-hybridized carbons (Fsp3) is 0.353. The summed E-state index contributed by atoms with van der Waals surface area (Å²) in [4.78, 5) is 23.8. The molecule has 1 amide bonds. The average Bonchev–Trinajstić information content (AvgIpc) is 2.58. The lowest BCUT2D eigenvalue weighted by Gasteiger charge is -2.34. The van der Waals surface area contributed by atoms with Gasteiger partial charge in [0.1, 0.15) is 17.9 Å². The first-order valence-electron chi connectivity index (χ1n) is 7.79. The number of aromatic nitrogens is 2. The highest BCUT2D eigenvalue weighted by Gasteiger charge is 2.20. The second kappa shape index (κ2) is 7.05. The molecule has 1 saturated heterocycles. The Bertz CT molecular complexity index is 745. The summed E-state index contributed by atoms with van der Waals surface area (Å²) in [5.41, 5.74) is 1.06. The first kappa shape index (κ1) is 16.5. The summed E-state index contributed by atoms with van der Waals surface area (Å²) in [6, 6.07) is 7.39. The summed E-state index contributed by atoms with van der Waals surface area (Å²) in [7, 11) is 0. The van der Waals surface area contributed by atoms with Crippen LogP contribution >= 0.6 is 11.6 Å². The van der Waals surface area contributed by atoms with Gasteiger partial charge in [-0.05, 0) is 24.6 Å². The number of hydrogen-bond acceptors (Lipinski definition) is 5. The number of halogens is 1. The molecule has 6 nitrogen and oxygen atoms in total. The fourth-order valence-electron chi connectivity index (χ4n) is 2.61. The summed E-state index contributed by atoms with van der Waals surface area (Å²) in [5.74, 6) is 1.91. The SMILES string of the molecule is CC(=O)N1CCN(c2cc(Oc3cc(C)ccc3Cl)ncn2)CC1. The number of anilines is 1. The predicted molar refractivity (Wildman–Crippen MR) is 92.8 cm³/mol. The van der Waals surface area contributed by atoms with E-state index in [0.717, 1.165) is 24.5 Å². The van der Waals surface area contributed by atoms with Crippen molar-refractivity contribution >= 4 is 23.3 Å². The minimum absolute atomic E-state index is 0.107. The Labute approximate surface area is 146 Å². The topological polar surface area (TPSA) is 58.6 Å². The van der Waals surface area contributed by atoms with Crippen LogP contribution in [0.3, 0.4) is 0 Å². The number of rotatable bonds is 3. The monoisotopic (exact) mass is 346 g/mol. The van der Waals surface area contributed by atoms with Gasteiger partial charge >= 0.3 is 0 Å². The minimum Gasteiger partial charge on any atom is -0.437 e. The lowest BCUT2D eigenvalue weighted by Crippen LogP contribution is -2.48. The van der Waals surface area contributed by atoms with Crippen LogP contribution < -0.4 is 9.64 Å². The first-order chi connectivity index (χ1) is 11.5. The van der Waals surface area contributed by atoms with Crippen molar-refractivity contribution in [2.75, 3.05) is 31.1 Å². The van der Waals surface area contributed by atoms with E-state index in [1.54, 1.807) is 19.1 Å². The second-order valence-corrected chi connectivity index (χ2v) is 6.15. The zero-order valence-corrected chi connectivity index (χ0v) is 14.5. The number of hydrogen-bond donors (Lipinski definition) is 0. The molecule has 0 spiro atoms. The van der Waals surface area contributed by atoms with Crippen molar-refractivity contribution in [3.05, 3.63) is 41.2 Å². The highest BCUT2D eigenvalue weighted by molar-refractivity contribution is 6.32. The molecule has 2 heterocycles. The van der Waals surface area contributed by atoms with Crippen LogP contribution in [0.1, 0.15) is 12.5 Å². The van der Waals surface area contributed by atoms with Crippen LogP contribution in [0, 0.1) is 6.92 Å². The predicted octanol–water partition coefficient (Wildman–Crippen LogP) is 2.90. The van der Waals surface area contributed by atoms with Crippen LogP contribution in [0.25, 0.3) is 0 Å². The average molecular weight is 347 g/mol. The summed E-state index contributed by atoms with van der Waals surface area (Å²) in [6.07, 6.45) is 1.48. The number of carbonyl (C=O) groups excluding carboxylic acids is 1. The van der Waals surface area contributed by atoms with E-state index in [4.69, 9.17) is 16.3 Å². The van der Waals surface area contributed by atoms with Gasteiger partial charge in [-0.1, -0.05) is 17.7 Å². The molecule has 1 fully saturated rings. The molecule has 1 aliphatic heterocycles. The highest BCUT2D eigenvalue weighted by atomic mass is 35.5. The van der Waals surface area contributed by atoms with Crippen molar-refractivity contribution in [1.82, 2.24) is 14.9 Å². The Balaban J connectivity index is 1.73. The van der Waals surface area contributed by atoms with E-state index >= 15 is 0 Å². The molecule has 3 rings (SSSR count). The van der Waals surface area contributed by atoms with Gasteiger partial charge in [-0.15, -0.1) is 0 Å². The molecular formula is C17H19ClN4O2. The van der Waals surface area contributed by atoms with E-state index in [9.17, 15) is 4.79 Å². The van der Waals surface area contributed by atoms with Crippen LogP contribution in [0.15, 0.2) is 30.6 Å². The highest BCUT2D eigenvalue weighted by Crippen LogP contribution is 2.30. The van der Waals surface area contributed by atoms with Crippen molar-refractivity contribution in [3.63, 3.8) is 0 Å². The van der Waals surface area contributed by atoms with Crippen molar-refractivity contribution in [2.24, 2.45) is 0 Å². The maximum Gasteiger partial charge on any atom is 0.224 e. The number of piperazine rings is 1. The third kappa shape index (κ3) is 3.76. The normalized spacial score (nSPS) is 14.6. The molecule has 0 aliphatic carbocycles. The second-order valence-electron chi connectivity index (χ2n) is 5.74. The Morgan fingerprint density at radius 1 is 1.17 bits per heavy atom. The summed E-state index contributed by atoms with van der Waals surface area (Å²) in [6.45, 7) is 6.43. The Kier molecular flexibility index (Phi) is 4.85. The van der Waals surface area contributed by atoms with Crippen LogP contribution in [0.5, 0.6) is 11.6 Å². The van der Waals surface area contributed by atoms with Gasteiger partial charge in [0.2, 0.25) is 11.8 Å². The summed E-state index contributed by atoms with van der Waals surface area (Å²) < 4.78 is 5.81. The van der Waals surface area contributed by atoms with E-state index in [2.05, 4.69) is 14.9 Å². The molecule has 2 aromatic rings. The molecular weight excluding hydrogens is 328 g/mol. The molecule has 126 valence electrons. The van der Waals surface area contributed by atoms with Crippen LogP contribution in [0.2, 0.25) is 5.02 Å². The van der Waals surface area contributed by atoms with Crippen molar-refractivity contribution in [1.29, 1.82) is 0 Å². The smallest absolute Gasteiger partial charge is 0.224 e. The van der Waals surface area contributed by atoms with Gasteiger partial charge in [-0.2, -0.15) is 0 Å². The van der Waals surface area contributed by atoms with E-state index in [0.29, 0.717) is 29.7 Å². The zero-order chi connectivity index (χ0) is 17.1. The molecule has 1 aromatic heterocycles. The minimum atomic E-state index is 0.107. The van der Waals surface area contributed by atoms with Gasteiger partial charge in [0.15, 0.2) is 0 Å². The van der Waals surface area contributed by atoms with Crippen LogP contribution in [-0.4, -0.2) is 47.0 Å². The Hall–Kier alpha value is -2.34. The van der Waals surface area contributed by atoms with Gasteiger partial charge in [0.05, 0.1) is 5.02 Å². The molecule has 1 aliphatic rings. The fourth-order valence-corrected chi connectivity index (χ4v) is 2.77. The molecule has 0 radical (unpaired) electrons. The van der Waals surface area contributed by atoms with Crippen LogP contribution in [-0.2, 0) is 4.79 Å².